The van der Waals surface area contributed by atoms with Gasteiger partial charge in [0, 0.05) is 6.42 Å². The van der Waals surface area contributed by atoms with E-state index in [-0.39, 0.29) is 6.42 Å². The van der Waals surface area contributed by atoms with E-state index < -0.39 is 12.0 Å². The lowest BCUT2D eigenvalue weighted by molar-refractivity contribution is -0.138. The molecule has 0 aromatic heterocycles. The second-order valence-electron chi connectivity index (χ2n) is 3.36. The van der Waals surface area contributed by atoms with Gasteiger partial charge >= 0.3 is 5.97 Å². The van der Waals surface area contributed by atoms with Crippen LogP contribution in [0.25, 0.3) is 0 Å². The predicted molar refractivity (Wildman–Crippen MR) is 61.4 cm³/mol. The van der Waals surface area contributed by atoms with Gasteiger partial charge in [0.1, 0.15) is 18.4 Å². The fourth-order valence-electron chi connectivity index (χ4n) is 1.29. The van der Waals surface area contributed by atoms with Crippen LogP contribution in [0, 0.1) is 0 Å². The smallest absolute Gasteiger partial charge is 0.320 e. The van der Waals surface area contributed by atoms with Crippen molar-refractivity contribution < 1.29 is 14.6 Å². The Hall–Kier alpha value is -1.81. The van der Waals surface area contributed by atoms with Crippen molar-refractivity contribution in [3.8, 4) is 5.75 Å². The number of nitrogens with two attached hydrogens (primary N) is 1. The van der Waals surface area contributed by atoms with E-state index in [9.17, 15) is 4.79 Å². The monoisotopic (exact) mass is 221 g/mol. The average Bonchev–Trinajstić information content (AvgIpc) is 2.27. The van der Waals surface area contributed by atoms with E-state index >= 15 is 0 Å². The molecule has 4 heteroatoms. The first-order valence-corrected chi connectivity index (χ1v) is 4.95. The Kier molecular flexibility index (Phi) is 4.54. The van der Waals surface area contributed by atoms with E-state index in [2.05, 4.69) is 6.58 Å². The number of para-hydroxylation sites is 1. The number of carboxylic acid groups (broad SMARTS) is 1. The van der Waals surface area contributed by atoms with Crippen LogP contribution < -0.4 is 10.5 Å². The summed E-state index contributed by atoms with van der Waals surface area (Å²) in [5.74, 6) is -0.363. The molecule has 0 fully saturated rings. The normalized spacial score (nSPS) is 11.8. The van der Waals surface area contributed by atoms with Gasteiger partial charge in [0.15, 0.2) is 0 Å². The molecule has 0 bridgehead atoms. The Balaban J connectivity index is 2.77. The number of carboxylic acids is 1. The molecule has 1 aromatic rings. The van der Waals surface area contributed by atoms with Gasteiger partial charge in [-0.25, -0.2) is 0 Å². The molecular formula is C12H15NO3. The van der Waals surface area contributed by atoms with Gasteiger partial charge in [-0.1, -0.05) is 30.9 Å². The second kappa shape index (κ2) is 5.92. The van der Waals surface area contributed by atoms with E-state index in [1.807, 2.05) is 12.1 Å². The molecule has 4 nitrogen and oxygen atoms in total. The van der Waals surface area contributed by atoms with Gasteiger partial charge < -0.3 is 15.6 Å². The molecule has 0 saturated carbocycles. The zero-order valence-electron chi connectivity index (χ0n) is 8.93. The molecule has 0 amide bonds. The third kappa shape index (κ3) is 3.40. The second-order valence-corrected chi connectivity index (χ2v) is 3.36. The molecule has 86 valence electrons. The van der Waals surface area contributed by atoms with E-state index in [0.29, 0.717) is 12.4 Å². The van der Waals surface area contributed by atoms with Crippen LogP contribution in [0.15, 0.2) is 36.9 Å². The Morgan fingerprint density at radius 3 is 2.88 bits per heavy atom. The summed E-state index contributed by atoms with van der Waals surface area (Å²) in [6, 6.07) is 6.33. The SMILES string of the molecule is C=CCOc1ccccc1CC(N)C(=O)O. The van der Waals surface area contributed by atoms with Crippen LogP contribution in [-0.2, 0) is 11.2 Å². The molecule has 3 N–H and O–H groups in total. The number of benzene rings is 1. The summed E-state index contributed by atoms with van der Waals surface area (Å²) in [4.78, 5) is 10.6. The quantitative estimate of drug-likeness (QED) is 0.708. The van der Waals surface area contributed by atoms with Crippen LogP contribution in [0.4, 0.5) is 0 Å². The fourth-order valence-corrected chi connectivity index (χ4v) is 1.29. The highest BCUT2D eigenvalue weighted by Crippen LogP contribution is 2.19. The van der Waals surface area contributed by atoms with Gasteiger partial charge in [0.05, 0.1) is 0 Å². The number of aliphatic carboxylic acids is 1. The van der Waals surface area contributed by atoms with Crippen molar-refractivity contribution in [3.63, 3.8) is 0 Å². The van der Waals surface area contributed by atoms with Crippen molar-refractivity contribution in [2.24, 2.45) is 5.73 Å². The maximum absolute atomic E-state index is 10.6. The average molecular weight is 221 g/mol. The molecule has 0 saturated heterocycles. The molecule has 1 unspecified atom stereocenters. The van der Waals surface area contributed by atoms with Crippen molar-refractivity contribution in [2.45, 2.75) is 12.5 Å². The molecule has 1 aromatic carbocycles. The van der Waals surface area contributed by atoms with Crippen LogP contribution >= 0.6 is 0 Å². The number of ether oxygens (including phenoxy) is 1. The summed E-state index contributed by atoms with van der Waals surface area (Å²) in [5, 5.41) is 8.73. The van der Waals surface area contributed by atoms with Gasteiger partial charge in [0.25, 0.3) is 0 Å². The highest BCUT2D eigenvalue weighted by molar-refractivity contribution is 5.73. The lowest BCUT2D eigenvalue weighted by atomic mass is 10.1. The largest absolute Gasteiger partial charge is 0.489 e. The highest BCUT2D eigenvalue weighted by Gasteiger charge is 2.14. The van der Waals surface area contributed by atoms with Crippen LogP contribution in [0.2, 0.25) is 0 Å². The Labute approximate surface area is 94.3 Å². The summed E-state index contributed by atoms with van der Waals surface area (Å²) in [6.45, 7) is 3.94. The summed E-state index contributed by atoms with van der Waals surface area (Å²) in [5.41, 5.74) is 6.26. The van der Waals surface area contributed by atoms with E-state index in [0.717, 1.165) is 5.56 Å². The van der Waals surface area contributed by atoms with E-state index in [1.165, 1.54) is 0 Å². The third-order valence-corrected chi connectivity index (χ3v) is 2.09. The molecule has 0 heterocycles. The van der Waals surface area contributed by atoms with Crippen molar-refractivity contribution >= 4 is 5.97 Å². The van der Waals surface area contributed by atoms with E-state index in [1.54, 1.807) is 18.2 Å². The summed E-state index contributed by atoms with van der Waals surface area (Å²) in [7, 11) is 0. The van der Waals surface area contributed by atoms with Crippen molar-refractivity contribution in [1.82, 2.24) is 0 Å². The Morgan fingerprint density at radius 2 is 2.25 bits per heavy atom. The summed E-state index contributed by atoms with van der Waals surface area (Å²) in [6.07, 6.45) is 1.89. The number of hydrogen-bond acceptors (Lipinski definition) is 3. The van der Waals surface area contributed by atoms with Gasteiger partial charge in [-0.05, 0) is 11.6 Å². The summed E-state index contributed by atoms with van der Waals surface area (Å²) < 4.78 is 5.40. The van der Waals surface area contributed by atoms with Gasteiger partial charge in [-0.15, -0.1) is 0 Å². The predicted octanol–water partition coefficient (Wildman–Crippen LogP) is 1.21. The Morgan fingerprint density at radius 1 is 1.56 bits per heavy atom. The van der Waals surface area contributed by atoms with Crippen molar-refractivity contribution in [1.29, 1.82) is 0 Å². The molecule has 0 aliphatic heterocycles. The standard InChI is InChI=1S/C12H15NO3/c1-2-7-16-11-6-4-3-5-9(11)8-10(13)12(14)15/h2-6,10H,1,7-8,13H2,(H,14,15). The fraction of sp³-hybridized carbons (Fsp3) is 0.250. The molecule has 0 aliphatic rings. The van der Waals surface area contributed by atoms with Gasteiger partial charge in [-0.3, -0.25) is 4.79 Å². The van der Waals surface area contributed by atoms with Crippen LogP contribution in [-0.4, -0.2) is 23.7 Å². The third-order valence-electron chi connectivity index (χ3n) is 2.09. The first-order chi connectivity index (χ1) is 7.65. The topological polar surface area (TPSA) is 72.5 Å². The lowest BCUT2D eigenvalue weighted by Gasteiger charge is -2.11. The van der Waals surface area contributed by atoms with Crippen molar-refractivity contribution in [3.05, 3.63) is 42.5 Å². The number of rotatable bonds is 6. The highest BCUT2D eigenvalue weighted by atomic mass is 16.5. The molecule has 1 rings (SSSR count). The minimum absolute atomic E-state index is 0.253. The lowest BCUT2D eigenvalue weighted by Crippen LogP contribution is -2.32. The zero-order valence-corrected chi connectivity index (χ0v) is 8.93. The number of carbonyl (C=O) groups is 1. The molecule has 16 heavy (non-hydrogen) atoms. The molecule has 0 radical (unpaired) electrons. The molecule has 0 spiro atoms. The van der Waals surface area contributed by atoms with Crippen LogP contribution in [0.5, 0.6) is 5.75 Å². The molecule has 1 atom stereocenters. The van der Waals surface area contributed by atoms with Crippen LogP contribution in [0.1, 0.15) is 5.56 Å². The van der Waals surface area contributed by atoms with Crippen LogP contribution in [0.3, 0.4) is 0 Å². The molecule has 0 aliphatic carbocycles. The maximum Gasteiger partial charge on any atom is 0.320 e. The molecular weight excluding hydrogens is 206 g/mol. The minimum atomic E-state index is -1.02. The first kappa shape index (κ1) is 12.3. The number of hydrogen-bond donors (Lipinski definition) is 2. The minimum Gasteiger partial charge on any atom is -0.489 e. The van der Waals surface area contributed by atoms with Gasteiger partial charge in [0.2, 0.25) is 0 Å². The van der Waals surface area contributed by atoms with Crippen molar-refractivity contribution in [2.75, 3.05) is 6.61 Å². The van der Waals surface area contributed by atoms with E-state index in [4.69, 9.17) is 15.6 Å². The first-order valence-electron chi connectivity index (χ1n) is 4.95. The summed E-state index contributed by atoms with van der Waals surface area (Å²) >= 11 is 0. The van der Waals surface area contributed by atoms with Gasteiger partial charge in [-0.2, -0.15) is 0 Å². The zero-order chi connectivity index (χ0) is 12.0. The Bertz CT molecular complexity index is 376. The maximum atomic E-state index is 10.6.